The van der Waals surface area contributed by atoms with E-state index in [-0.39, 0.29) is 0 Å². The van der Waals surface area contributed by atoms with Crippen LogP contribution in [0, 0.1) is 5.92 Å². The molecule has 0 aliphatic carbocycles. The monoisotopic (exact) mass is 344 g/mol. The lowest BCUT2D eigenvalue weighted by Crippen LogP contribution is -2.54. The summed E-state index contributed by atoms with van der Waals surface area (Å²) in [5, 5.41) is 10.5. The van der Waals surface area contributed by atoms with Gasteiger partial charge in [-0.2, -0.15) is 0 Å². The molecule has 0 amide bonds. The highest BCUT2D eigenvalue weighted by Gasteiger charge is 2.64. The van der Waals surface area contributed by atoms with Gasteiger partial charge in [0.05, 0.1) is 5.92 Å². The number of carbonyl (C=O) groups is 1. The van der Waals surface area contributed by atoms with Crippen LogP contribution in [0.4, 0.5) is 4.39 Å². The number of carbonyl (C=O) groups excluding carboxylic acids is 1. The fraction of sp³-hybridized carbons (Fsp3) is 0.667. The van der Waals surface area contributed by atoms with Gasteiger partial charge in [-0.1, -0.05) is 13.8 Å². The quantitative estimate of drug-likeness (QED) is 0.750. The van der Waals surface area contributed by atoms with E-state index in [9.17, 15) is 19.5 Å². The minimum Gasteiger partial charge on any atom is -0.463 e. The van der Waals surface area contributed by atoms with Crippen LogP contribution >= 0.6 is 0 Å². The number of rotatable bonds is 4. The number of halogens is 1. The molecule has 1 aromatic heterocycles. The number of hydrogen-bond donors (Lipinski definition) is 2. The van der Waals surface area contributed by atoms with Crippen LogP contribution in [-0.2, 0) is 14.3 Å². The first-order valence-electron chi connectivity index (χ1n) is 7.53. The number of H-pyrrole nitrogens is 1. The topological polar surface area (TPSA) is 111 Å². The Morgan fingerprint density at radius 2 is 2.12 bits per heavy atom. The molecule has 1 aromatic rings. The predicted octanol–water partition coefficient (Wildman–Crippen LogP) is 0.112. The average Bonchev–Trinajstić information content (AvgIpc) is 2.64. The summed E-state index contributed by atoms with van der Waals surface area (Å²) in [6.07, 6.45) is -1.77. The van der Waals surface area contributed by atoms with Gasteiger partial charge in [-0.25, -0.2) is 13.8 Å². The molecule has 0 spiro atoms. The number of nitrogens with one attached hydrogen (secondary N) is 1. The molecular weight excluding hydrogens is 323 g/mol. The molecule has 24 heavy (non-hydrogen) atoms. The Bertz CT molecular complexity index is 708. The molecule has 2 unspecified atom stereocenters. The lowest BCUT2D eigenvalue weighted by molar-refractivity contribution is -0.157. The molecule has 2 rings (SSSR count). The van der Waals surface area contributed by atoms with Crippen molar-refractivity contribution in [3.63, 3.8) is 0 Å². The average molecular weight is 344 g/mol. The third kappa shape index (κ3) is 2.89. The molecule has 2 heterocycles. The molecular formula is C15H21FN2O6. The van der Waals surface area contributed by atoms with Crippen molar-refractivity contribution in [1.29, 1.82) is 0 Å². The zero-order chi connectivity index (χ0) is 18.3. The second kappa shape index (κ2) is 6.14. The predicted molar refractivity (Wildman–Crippen MR) is 81.2 cm³/mol. The van der Waals surface area contributed by atoms with E-state index in [1.807, 2.05) is 0 Å². The summed E-state index contributed by atoms with van der Waals surface area (Å²) in [6, 6.07) is 1.04. The standard InChI is InChI=1S/C15H21FN2O6/c1-8(2)11(20)23-7-9-15(4,22)14(3,16)12(24-9)18-10(19)5-6-17-13(18)21/h5-6,8-9,12,22H,7H2,1-4H3,(H,17,21)/t9-,12?,14+,15?/m1/s1. The Hall–Kier alpha value is -2.00. The molecule has 1 saturated heterocycles. The van der Waals surface area contributed by atoms with Gasteiger partial charge in [-0.05, 0) is 13.8 Å². The first kappa shape index (κ1) is 18.3. The van der Waals surface area contributed by atoms with Gasteiger partial charge in [0.25, 0.3) is 5.56 Å². The molecule has 1 aliphatic heterocycles. The van der Waals surface area contributed by atoms with Crippen LogP contribution in [0.25, 0.3) is 0 Å². The zero-order valence-corrected chi connectivity index (χ0v) is 13.9. The van der Waals surface area contributed by atoms with E-state index in [0.717, 1.165) is 19.2 Å². The molecule has 4 atom stereocenters. The fourth-order valence-electron chi connectivity index (χ4n) is 2.47. The minimum absolute atomic E-state index is 0.400. The maximum Gasteiger partial charge on any atom is 0.330 e. The van der Waals surface area contributed by atoms with Gasteiger partial charge in [0.1, 0.15) is 18.3 Å². The Labute approximate surface area is 137 Å². The molecule has 8 nitrogen and oxygen atoms in total. The van der Waals surface area contributed by atoms with Gasteiger partial charge in [-0.3, -0.25) is 9.59 Å². The van der Waals surface area contributed by atoms with E-state index < -0.39 is 53.3 Å². The fourth-order valence-corrected chi connectivity index (χ4v) is 2.47. The molecule has 134 valence electrons. The van der Waals surface area contributed by atoms with Gasteiger partial charge < -0.3 is 19.6 Å². The number of esters is 1. The molecule has 0 aromatic carbocycles. The van der Waals surface area contributed by atoms with Gasteiger partial charge in [0.2, 0.25) is 0 Å². The zero-order valence-electron chi connectivity index (χ0n) is 13.9. The number of alkyl halides is 1. The number of hydrogen-bond acceptors (Lipinski definition) is 6. The van der Waals surface area contributed by atoms with E-state index in [0.29, 0.717) is 4.57 Å². The third-order valence-electron chi connectivity index (χ3n) is 4.35. The SMILES string of the molecule is CC(C)C(=O)OC[C@H]1OC(n2c(=O)cc[nH]c2=O)[C@](C)(F)C1(C)O. The van der Waals surface area contributed by atoms with Crippen molar-refractivity contribution in [2.24, 2.45) is 5.92 Å². The largest absolute Gasteiger partial charge is 0.463 e. The number of nitrogens with zero attached hydrogens (tertiary/aromatic N) is 1. The van der Waals surface area contributed by atoms with Crippen LogP contribution in [0.1, 0.15) is 33.9 Å². The molecule has 9 heteroatoms. The highest BCUT2D eigenvalue weighted by atomic mass is 19.1. The minimum atomic E-state index is -2.47. The maximum absolute atomic E-state index is 15.2. The van der Waals surface area contributed by atoms with Crippen LogP contribution in [0.2, 0.25) is 0 Å². The molecule has 0 saturated carbocycles. The summed E-state index contributed by atoms with van der Waals surface area (Å²) in [7, 11) is 0. The molecule has 0 radical (unpaired) electrons. The van der Waals surface area contributed by atoms with Crippen molar-refractivity contribution in [3.05, 3.63) is 33.1 Å². The third-order valence-corrected chi connectivity index (χ3v) is 4.35. The highest BCUT2D eigenvalue weighted by molar-refractivity contribution is 5.71. The van der Waals surface area contributed by atoms with E-state index in [4.69, 9.17) is 9.47 Å². The van der Waals surface area contributed by atoms with Crippen LogP contribution in [0.3, 0.4) is 0 Å². The summed E-state index contributed by atoms with van der Waals surface area (Å²) < 4.78 is 26.2. The van der Waals surface area contributed by atoms with Crippen LogP contribution in [0.15, 0.2) is 21.9 Å². The van der Waals surface area contributed by atoms with Gasteiger partial charge >= 0.3 is 11.7 Å². The second-order valence-corrected chi connectivity index (χ2v) is 6.48. The van der Waals surface area contributed by atoms with E-state index in [2.05, 4.69) is 4.98 Å². The first-order valence-corrected chi connectivity index (χ1v) is 7.53. The van der Waals surface area contributed by atoms with E-state index in [1.165, 1.54) is 6.92 Å². The number of aromatic amines is 1. The molecule has 0 bridgehead atoms. The Balaban J connectivity index is 2.35. The number of aromatic nitrogens is 2. The first-order chi connectivity index (χ1) is 11.0. The highest BCUT2D eigenvalue weighted by Crippen LogP contribution is 2.47. The Morgan fingerprint density at radius 1 is 1.50 bits per heavy atom. The van der Waals surface area contributed by atoms with Crippen molar-refractivity contribution >= 4 is 5.97 Å². The van der Waals surface area contributed by atoms with Crippen molar-refractivity contribution in [2.45, 2.75) is 51.3 Å². The maximum atomic E-state index is 15.2. The smallest absolute Gasteiger partial charge is 0.330 e. The summed E-state index contributed by atoms with van der Waals surface area (Å²) in [5.74, 6) is -0.934. The molecule has 2 N–H and O–H groups in total. The van der Waals surface area contributed by atoms with Crippen LogP contribution < -0.4 is 11.2 Å². The Morgan fingerprint density at radius 3 is 2.67 bits per heavy atom. The van der Waals surface area contributed by atoms with Crippen molar-refractivity contribution < 1.29 is 23.8 Å². The lowest BCUT2D eigenvalue weighted by Gasteiger charge is -2.32. The van der Waals surface area contributed by atoms with Crippen molar-refractivity contribution in [2.75, 3.05) is 6.61 Å². The number of ether oxygens (including phenoxy) is 2. The van der Waals surface area contributed by atoms with Gasteiger partial charge in [0, 0.05) is 12.3 Å². The molecule has 1 aliphatic rings. The summed E-state index contributed by atoms with van der Waals surface area (Å²) in [4.78, 5) is 37.6. The van der Waals surface area contributed by atoms with Gasteiger partial charge in [0.15, 0.2) is 11.9 Å². The van der Waals surface area contributed by atoms with E-state index in [1.54, 1.807) is 13.8 Å². The normalized spacial score (nSPS) is 33.0. The summed E-state index contributed by atoms with van der Waals surface area (Å²) >= 11 is 0. The van der Waals surface area contributed by atoms with Gasteiger partial charge in [-0.15, -0.1) is 0 Å². The van der Waals surface area contributed by atoms with Crippen molar-refractivity contribution in [3.8, 4) is 0 Å². The summed E-state index contributed by atoms with van der Waals surface area (Å²) in [6.45, 7) is 5.05. The lowest BCUT2D eigenvalue weighted by atomic mass is 9.84. The Kier molecular flexibility index (Phi) is 4.69. The van der Waals surface area contributed by atoms with Crippen LogP contribution in [-0.4, -0.2) is 44.6 Å². The molecule has 1 fully saturated rings. The van der Waals surface area contributed by atoms with Crippen molar-refractivity contribution in [1.82, 2.24) is 9.55 Å². The summed E-state index contributed by atoms with van der Waals surface area (Å²) in [5.41, 5.74) is -6.20. The van der Waals surface area contributed by atoms with E-state index >= 15 is 4.39 Å². The number of aliphatic hydroxyl groups is 1. The van der Waals surface area contributed by atoms with Crippen LogP contribution in [0.5, 0.6) is 0 Å². The second-order valence-electron chi connectivity index (χ2n) is 6.48.